The summed E-state index contributed by atoms with van der Waals surface area (Å²) >= 11 is 0. The van der Waals surface area contributed by atoms with E-state index in [9.17, 15) is 14.0 Å². The number of hydrogen-bond acceptors (Lipinski definition) is 3. The van der Waals surface area contributed by atoms with Crippen LogP contribution in [-0.2, 0) is 6.54 Å². The minimum absolute atomic E-state index is 0.0577. The van der Waals surface area contributed by atoms with Crippen molar-refractivity contribution in [2.75, 3.05) is 10.6 Å². The summed E-state index contributed by atoms with van der Waals surface area (Å²) < 4.78 is 16.0. The van der Waals surface area contributed by atoms with Crippen LogP contribution in [0.5, 0.6) is 0 Å². The molecule has 0 spiro atoms. The fourth-order valence-electron chi connectivity index (χ4n) is 3.40. The number of nitrogens with zero attached hydrogens (tertiary/aromatic N) is 2. The SMILES string of the molecule is Cc1ccc(C(=O)Nc2ccc(Cn3ccnc3C)cc2)cc1NC(=O)c1ccccc1F. The number of benzene rings is 3. The molecule has 0 saturated heterocycles. The molecule has 2 amide bonds. The molecule has 7 heteroatoms. The molecule has 3 aromatic carbocycles. The summed E-state index contributed by atoms with van der Waals surface area (Å²) in [5.74, 6) is -0.551. The first-order valence-electron chi connectivity index (χ1n) is 10.5. The van der Waals surface area contributed by atoms with Crippen LogP contribution in [0.3, 0.4) is 0 Å². The van der Waals surface area contributed by atoms with Crippen molar-refractivity contribution in [3.8, 4) is 0 Å². The minimum Gasteiger partial charge on any atom is -0.331 e. The number of carbonyl (C=O) groups is 2. The molecule has 0 radical (unpaired) electrons. The second-order valence-corrected chi connectivity index (χ2v) is 7.72. The molecule has 0 aliphatic heterocycles. The van der Waals surface area contributed by atoms with E-state index in [1.807, 2.05) is 42.0 Å². The Labute approximate surface area is 191 Å². The van der Waals surface area contributed by atoms with Crippen molar-refractivity contribution in [2.45, 2.75) is 20.4 Å². The summed E-state index contributed by atoms with van der Waals surface area (Å²) in [6, 6.07) is 18.3. The molecular weight excluding hydrogens is 419 g/mol. The summed E-state index contributed by atoms with van der Waals surface area (Å²) in [7, 11) is 0. The lowest BCUT2D eigenvalue weighted by Crippen LogP contribution is -2.16. The number of halogens is 1. The third-order valence-corrected chi connectivity index (χ3v) is 5.35. The molecule has 0 atom stereocenters. The Morgan fingerprint density at radius 3 is 2.39 bits per heavy atom. The van der Waals surface area contributed by atoms with Gasteiger partial charge in [0, 0.05) is 35.9 Å². The zero-order valence-corrected chi connectivity index (χ0v) is 18.3. The predicted octanol–water partition coefficient (Wildman–Crippen LogP) is 5.19. The second kappa shape index (κ2) is 9.48. The zero-order chi connectivity index (χ0) is 23.4. The van der Waals surface area contributed by atoms with Gasteiger partial charge >= 0.3 is 0 Å². The van der Waals surface area contributed by atoms with Crippen molar-refractivity contribution in [1.29, 1.82) is 0 Å². The highest BCUT2D eigenvalue weighted by molar-refractivity contribution is 6.07. The number of carbonyl (C=O) groups excluding carboxylic acids is 2. The van der Waals surface area contributed by atoms with Crippen LogP contribution in [0, 0.1) is 19.7 Å². The molecule has 166 valence electrons. The van der Waals surface area contributed by atoms with Crippen molar-refractivity contribution in [3.63, 3.8) is 0 Å². The van der Waals surface area contributed by atoms with Gasteiger partial charge in [-0.25, -0.2) is 9.37 Å². The number of aromatic nitrogens is 2. The fourth-order valence-corrected chi connectivity index (χ4v) is 3.40. The van der Waals surface area contributed by atoms with Crippen LogP contribution in [0.25, 0.3) is 0 Å². The minimum atomic E-state index is -0.604. The van der Waals surface area contributed by atoms with Gasteiger partial charge in [-0.1, -0.05) is 30.3 Å². The molecule has 1 aromatic heterocycles. The van der Waals surface area contributed by atoms with Crippen LogP contribution in [-0.4, -0.2) is 21.4 Å². The van der Waals surface area contributed by atoms with Gasteiger partial charge in [-0.2, -0.15) is 0 Å². The van der Waals surface area contributed by atoms with Gasteiger partial charge < -0.3 is 15.2 Å². The van der Waals surface area contributed by atoms with E-state index in [-0.39, 0.29) is 11.5 Å². The molecule has 4 rings (SSSR count). The smallest absolute Gasteiger partial charge is 0.258 e. The van der Waals surface area contributed by atoms with Gasteiger partial charge in [-0.3, -0.25) is 9.59 Å². The number of imidazole rings is 1. The van der Waals surface area contributed by atoms with E-state index in [0.717, 1.165) is 17.0 Å². The largest absolute Gasteiger partial charge is 0.331 e. The molecule has 0 fully saturated rings. The molecule has 0 aliphatic rings. The van der Waals surface area contributed by atoms with Gasteiger partial charge in [-0.05, 0) is 61.4 Å². The van der Waals surface area contributed by atoms with Crippen molar-refractivity contribution < 1.29 is 14.0 Å². The maximum atomic E-state index is 13.9. The third kappa shape index (κ3) is 5.15. The average molecular weight is 442 g/mol. The highest BCUT2D eigenvalue weighted by Gasteiger charge is 2.14. The maximum Gasteiger partial charge on any atom is 0.258 e. The summed E-state index contributed by atoms with van der Waals surface area (Å²) in [5, 5.41) is 5.56. The molecule has 4 aromatic rings. The fraction of sp³-hybridized carbons (Fsp3) is 0.115. The molecule has 0 saturated carbocycles. The van der Waals surface area contributed by atoms with Crippen LogP contribution in [0.4, 0.5) is 15.8 Å². The monoisotopic (exact) mass is 442 g/mol. The van der Waals surface area contributed by atoms with E-state index in [0.29, 0.717) is 23.5 Å². The third-order valence-electron chi connectivity index (χ3n) is 5.35. The lowest BCUT2D eigenvalue weighted by molar-refractivity contribution is 0.101. The van der Waals surface area contributed by atoms with Gasteiger partial charge in [0.2, 0.25) is 0 Å². The van der Waals surface area contributed by atoms with E-state index in [1.165, 1.54) is 18.2 Å². The van der Waals surface area contributed by atoms with Crippen molar-refractivity contribution >= 4 is 23.2 Å². The van der Waals surface area contributed by atoms with Gasteiger partial charge in [0.1, 0.15) is 11.6 Å². The molecule has 0 bridgehead atoms. The van der Waals surface area contributed by atoms with Crippen molar-refractivity contribution in [2.24, 2.45) is 0 Å². The molecule has 1 heterocycles. The number of rotatable bonds is 6. The standard InChI is InChI=1S/C26H23FN4O2/c1-17-7-10-20(15-24(17)30-26(33)22-5-3-4-6-23(22)27)25(32)29-21-11-8-19(9-12-21)16-31-14-13-28-18(31)2/h3-15H,16H2,1-2H3,(H,29,32)(H,30,33). The Kier molecular flexibility index (Phi) is 6.31. The second-order valence-electron chi connectivity index (χ2n) is 7.72. The molecule has 6 nitrogen and oxygen atoms in total. The molecule has 33 heavy (non-hydrogen) atoms. The number of anilines is 2. The Bertz CT molecular complexity index is 1310. The van der Waals surface area contributed by atoms with Crippen LogP contribution in [0.1, 0.15) is 37.7 Å². The summed E-state index contributed by atoms with van der Waals surface area (Å²) in [4.78, 5) is 29.5. The highest BCUT2D eigenvalue weighted by Crippen LogP contribution is 2.20. The van der Waals surface area contributed by atoms with E-state index < -0.39 is 11.7 Å². The number of amides is 2. The normalized spacial score (nSPS) is 10.6. The Hall–Kier alpha value is -4.26. The Morgan fingerprint density at radius 2 is 1.70 bits per heavy atom. The van der Waals surface area contributed by atoms with Crippen LogP contribution in [0.15, 0.2) is 79.1 Å². The zero-order valence-electron chi connectivity index (χ0n) is 18.3. The number of nitrogens with one attached hydrogen (secondary N) is 2. The number of aryl methyl sites for hydroxylation is 2. The summed E-state index contributed by atoms with van der Waals surface area (Å²) in [6.07, 6.45) is 3.68. The Balaban J connectivity index is 1.45. The molecule has 2 N–H and O–H groups in total. The predicted molar refractivity (Wildman–Crippen MR) is 126 cm³/mol. The van der Waals surface area contributed by atoms with Crippen molar-refractivity contribution in [3.05, 3.63) is 113 Å². The lowest BCUT2D eigenvalue weighted by Gasteiger charge is -2.12. The molecule has 0 aliphatic carbocycles. The number of hydrogen-bond donors (Lipinski definition) is 2. The van der Waals surface area contributed by atoms with Crippen LogP contribution >= 0.6 is 0 Å². The van der Waals surface area contributed by atoms with Crippen molar-refractivity contribution in [1.82, 2.24) is 9.55 Å². The summed E-state index contributed by atoms with van der Waals surface area (Å²) in [5.41, 5.74) is 3.27. The lowest BCUT2D eigenvalue weighted by atomic mass is 10.1. The Morgan fingerprint density at radius 1 is 0.939 bits per heavy atom. The maximum absolute atomic E-state index is 13.9. The van der Waals surface area contributed by atoms with Gasteiger partial charge in [0.15, 0.2) is 0 Å². The van der Waals surface area contributed by atoms with Crippen LogP contribution < -0.4 is 10.6 Å². The highest BCUT2D eigenvalue weighted by atomic mass is 19.1. The first-order valence-corrected chi connectivity index (χ1v) is 10.5. The van der Waals surface area contributed by atoms with Gasteiger partial charge in [-0.15, -0.1) is 0 Å². The molecule has 0 unspecified atom stereocenters. The quantitative estimate of drug-likeness (QED) is 0.431. The molecular formula is C26H23FN4O2. The average Bonchev–Trinajstić information content (AvgIpc) is 3.21. The van der Waals surface area contributed by atoms with Gasteiger partial charge in [0.05, 0.1) is 5.56 Å². The van der Waals surface area contributed by atoms with Crippen LogP contribution in [0.2, 0.25) is 0 Å². The first-order chi connectivity index (χ1) is 15.9. The van der Waals surface area contributed by atoms with E-state index in [2.05, 4.69) is 15.6 Å². The van der Waals surface area contributed by atoms with Gasteiger partial charge in [0.25, 0.3) is 11.8 Å². The van der Waals surface area contributed by atoms with E-state index >= 15 is 0 Å². The van der Waals surface area contributed by atoms with E-state index in [1.54, 1.807) is 37.4 Å². The summed E-state index contributed by atoms with van der Waals surface area (Å²) in [6.45, 7) is 4.45. The first kappa shape index (κ1) is 22.0. The topological polar surface area (TPSA) is 76.0 Å². The van der Waals surface area contributed by atoms with E-state index in [4.69, 9.17) is 0 Å².